The summed E-state index contributed by atoms with van der Waals surface area (Å²) in [5.74, 6) is 0.655. The van der Waals surface area contributed by atoms with Crippen LogP contribution in [0.15, 0.2) is 0 Å². The van der Waals surface area contributed by atoms with Crippen molar-refractivity contribution >= 4 is 0 Å². The highest BCUT2D eigenvalue weighted by Gasteiger charge is 2.59. The third-order valence-electron chi connectivity index (χ3n) is 3.96. The van der Waals surface area contributed by atoms with E-state index in [0.717, 1.165) is 19.3 Å². The Balaban J connectivity index is 2.34. The summed E-state index contributed by atoms with van der Waals surface area (Å²) in [6.07, 6.45) is 3.01. The molecule has 2 saturated carbocycles. The molecule has 2 fully saturated rings. The van der Waals surface area contributed by atoms with Gasteiger partial charge < -0.3 is 10.8 Å². The van der Waals surface area contributed by atoms with Crippen molar-refractivity contribution in [3.63, 3.8) is 0 Å². The van der Waals surface area contributed by atoms with Crippen LogP contribution >= 0.6 is 0 Å². The van der Waals surface area contributed by atoms with Crippen molar-refractivity contribution < 1.29 is 5.11 Å². The summed E-state index contributed by atoms with van der Waals surface area (Å²) < 4.78 is 0. The number of rotatable bonds is 0. The third kappa shape index (κ3) is 0.744. The zero-order chi connectivity index (χ0) is 8.28. The lowest BCUT2D eigenvalue weighted by atomic mass is 9.72. The van der Waals surface area contributed by atoms with Crippen LogP contribution in [0.5, 0.6) is 0 Å². The summed E-state index contributed by atoms with van der Waals surface area (Å²) >= 11 is 0. The van der Waals surface area contributed by atoms with E-state index in [-0.39, 0.29) is 11.5 Å². The Morgan fingerprint density at radius 2 is 2.09 bits per heavy atom. The van der Waals surface area contributed by atoms with Gasteiger partial charge in [-0.05, 0) is 30.6 Å². The van der Waals surface area contributed by atoms with Crippen molar-refractivity contribution in [3.05, 3.63) is 0 Å². The number of nitrogens with two attached hydrogens (primary N) is 1. The monoisotopic (exact) mass is 155 g/mol. The molecule has 2 heteroatoms. The van der Waals surface area contributed by atoms with Crippen LogP contribution in [0.4, 0.5) is 0 Å². The number of aliphatic hydroxyl groups is 1. The van der Waals surface area contributed by atoms with Gasteiger partial charge in [-0.15, -0.1) is 0 Å². The Labute approximate surface area is 67.8 Å². The minimum atomic E-state index is -0.520. The lowest BCUT2D eigenvalue weighted by Gasteiger charge is -2.38. The summed E-state index contributed by atoms with van der Waals surface area (Å²) in [6.45, 7) is 4.36. The fourth-order valence-electron chi connectivity index (χ4n) is 2.92. The van der Waals surface area contributed by atoms with Crippen LogP contribution in [0, 0.1) is 11.3 Å². The van der Waals surface area contributed by atoms with Gasteiger partial charge in [0.15, 0.2) is 0 Å². The summed E-state index contributed by atoms with van der Waals surface area (Å²) in [7, 11) is 0. The highest BCUT2D eigenvalue weighted by molar-refractivity contribution is 5.13. The Morgan fingerprint density at radius 3 is 2.36 bits per heavy atom. The van der Waals surface area contributed by atoms with Crippen molar-refractivity contribution in [2.24, 2.45) is 17.1 Å². The number of hydrogen-bond donors (Lipinski definition) is 2. The minimum Gasteiger partial charge on any atom is -0.388 e. The van der Waals surface area contributed by atoms with Gasteiger partial charge in [-0.25, -0.2) is 0 Å². The molecule has 0 unspecified atom stereocenters. The first-order valence-electron chi connectivity index (χ1n) is 4.45. The molecule has 3 N–H and O–H groups in total. The average Bonchev–Trinajstić information content (AvgIpc) is 2.36. The predicted molar refractivity (Wildman–Crippen MR) is 44.0 cm³/mol. The van der Waals surface area contributed by atoms with Gasteiger partial charge in [-0.1, -0.05) is 13.8 Å². The standard InChI is InChI=1S/C9H17NO/c1-8(2)6-3-4-9(11,5-6)7(8)10/h6-7,11H,3-5,10H2,1-2H3/t6-,7-,9-/m1/s1. The molecule has 0 aromatic carbocycles. The lowest BCUT2D eigenvalue weighted by molar-refractivity contribution is 0.00450. The van der Waals surface area contributed by atoms with E-state index < -0.39 is 5.60 Å². The summed E-state index contributed by atoms with van der Waals surface area (Å²) in [5, 5.41) is 10.0. The maximum atomic E-state index is 10.0. The van der Waals surface area contributed by atoms with Crippen molar-refractivity contribution in [2.75, 3.05) is 0 Å². The second kappa shape index (κ2) is 1.80. The minimum absolute atomic E-state index is 0.00579. The van der Waals surface area contributed by atoms with E-state index in [1.165, 1.54) is 0 Å². The molecular weight excluding hydrogens is 138 g/mol. The first-order chi connectivity index (χ1) is 4.97. The summed E-state index contributed by atoms with van der Waals surface area (Å²) in [4.78, 5) is 0. The molecule has 11 heavy (non-hydrogen) atoms. The van der Waals surface area contributed by atoms with Gasteiger partial charge in [0, 0.05) is 6.04 Å². The van der Waals surface area contributed by atoms with Gasteiger partial charge in [-0.3, -0.25) is 0 Å². The van der Waals surface area contributed by atoms with Crippen molar-refractivity contribution in [3.8, 4) is 0 Å². The second-order valence-corrected chi connectivity index (χ2v) is 4.84. The Bertz CT molecular complexity index is 185. The largest absolute Gasteiger partial charge is 0.388 e. The van der Waals surface area contributed by atoms with E-state index >= 15 is 0 Å². The molecule has 0 amide bonds. The molecule has 2 aliphatic rings. The quantitative estimate of drug-likeness (QED) is 0.545. The first-order valence-corrected chi connectivity index (χ1v) is 4.45. The molecule has 2 nitrogen and oxygen atoms in total. The van der Waals surface area contributed by atoms with Crippen LogP contribution in [-0.2, 0) is 0 Å². The highest BCUT2D eigenvalue weighted by atomic mass is 16.3. The normalized spacial score (nSPS) is 53.5. The molecule has 0 aliphatic heterocycles. The Morgan fingerprint density at radius 1 is 1.45 bits per heavy atom. The summed E-state index contributed by atoms with van der Waals surface area (Å²) in [5.41, 5.74) is 5.62. The number of hydrogen-bond acceptors (Lipinski definition) is 2. The molecule has 0 heterocycles. The van der Waals surface area contributed by atoms with E-state index in [0.29, 0.717) is 5.92 Å². The Hall–Kier alpha value is -0.0800. The molecule has 2 bridgehead atoms. The van der Waals surface area contributed by atoms with Gasteiger partial charge >= 0.3 is 0 Å². The van der Waals surface area contributed by atoms with Gasteiger partial charge in [0.1, 0.15) is 0 Å². The van der Waals surface area contributed by atoms with Crippen LogP contribution in [-0.4, -0.2) is 16.7 Å². The second-order valence-electron chi connectivity index (χ2n) is 4.84. The topological polar surface area (TPSA) is 46.2 Å². The van der Waals surface area contributed by atoms with Gasteiger partial charge in [0.05, 0.1) is 5.60 Å². The maximum absolute atomic E-state index is 10.0. The van der Waals surface area contributed by atoms with Crippen LogP contribution in [0.2, 0.25) is 0 Å². The number of fused-ring (bicyclic) bond motifs is 2. The first kappa shape index (κ1) is 7.56. The van der Waals surface area contributed by atoms with E-state index in [1.807, 2.05) is 0 Å². The molecule has 0 aromatic heterocycles. The third-order valence-corrected chi connectivity index (χ3v) is 3.96. The SMILES string of the molecule is CC1(C)[C@@H]2CC[C@@](O)(C2)[C@@H]1N. The van der Waals surface area contributed by atoms with Crippen LogP contribution in [0.25, 0.3) is 0 Å². The van der Waals surface area contributed by atoms with Crippen molar-refractivity contribution in [1.29, 1.82) is 0 Å². The van der Waals surface area contributed by atoms with E-state index in [9.17, 15) is 5.11 Å². The molecule has 3 atom stereocenters. The molecule has 2 aliphatic carbocycles. The molecule has 0 aromatic rings. The van der Waals surface area contributed by atoms with Crippen molar-refractivity contribution in [2.45, 2.75) is 44.8 Å². The van der Waals surface area contributed by atoms with Gasteiger partial charge in [0.25, 0.3) is 0 Å². The summed E-state index contributed by atoms with van der Waals surface area (Å²) in [6, 6.07) is -0.00579. The fourth-order valence-corrected chi connectivity index (χ4v) is 2.92. The van der Waals surface area contributed by atoms with Gasteiger partial charge in [-0.2, -0.15) is 0 Å². The van der Waals surface area contributed by atoms with Gasteiger partial charge in [0.2, 0.25) is 0 Å². The van der Waals surface area contributed by atoms with E-state index in [4.69, 9.17) is 5.73 Å². The molecular formula is C9H17NO. The average molecular weight is 155 g/mol. The molecule has 0 spiro atoms. The van der Waals surface area contributed by atoms with Crippen LogP contribution < -0.4 is 5.73 Å². The van der Waals surface area contributed by atoms with E-state index in [1.54, 1.807) is 0 Å². The van der Waals surface area contributed by atoms with E-state index in [2.05, 4.69) is 13.8 Å². The van der Waals surface area contributed by atoms with Crippen LogP contribution in [0.1, 0.15) is 33.1 Å². The zero-order valence-electron chi connectivity index (χ0n) is 7.30. The molecule has 0 saturated heterocycles. The fraction of sp³-hybridized carbons (Fsp3) is 1.00. The van der Waals surface area contributed by atoms with Crippen LogP contribution in [0.3, 0.4) is 0 Å². The molecule has 64 valence electrons. The maximum Gasteiger partial charge on any atom is 0.0806 e. The highest BCUT2D eigenvalue weighted by Crippen LogP contribution is 2.56. The lowest BCUT2D eigenvalue weighted by Crippen LogP contribution is -2.51. The predicted octanol–water partition coefficient (Wildman–Crippen LogP) is 0.885. The van der Waals surface area contributed by atoms with Crippen molar-refractivity contribution in [1.82, 2.24) is 0 Å². The smallest absolute Gasteiger partial charge is 0.0806 e. The zero-order valence-corrected chi connectivity index (χ0v) is 7.30. The molecule has 0 radical (unpaired) electrons. The molecule has 2 rings (SSSR count). The Kier molecular flexibility index (Phi) is 1.24.